The van der Waals surface area contributed by atoms with Gasteiger partial charge >= 0.3 is 0 Å². The monoisotopic (exact) mass is 375 g/mol. The number of halogens is 3. The zero-order valence-electron chi connectivity index (χ0n) is 13.1. The quantitative estimate of drug-likeness (QED) is 0.688. The second kappa shape index (κ2) is 7.17. The van der Waals surface area contributed by atoms with E-state index in [0.717, 1.165) is 0 Å². The van der Waals surface area contributed by atoms with Gasteiger partial charge in [-0.05, 0) is 43.3 Å². The first-order valence-electron chi connectivity index (χ1n) is 7.30. The van der Waals surface area contributed by atoms with E-state index in [1.807, 2.05) is 0 Å². The van der Waals surface area contributed by atoms with Crippen molar-refractivity contribution in [1.29, 1.82) is 0 Å². The predicted octanol–water partition coefficient (Wildman–Crippen LogP) is 5.15. The molecule has 0 saturated carbocycles. The molecule has 0 aliphatic rings. The van der Waals surface area contributed by atoms with Crippen LogP contribution in [0.3, 0.4) is 0 Å². The normalized spacial score (nSPS) is 10.6. The molecule has 126 valence electrons. The molecule has 7 heteroatoms. The molecule has 3 rings (SSSR count). The van der Waals surface area contributed by atoms with Gasteiger partial charge in [-0.2, -0.15) is 0 Å². The van der Waals surface area contributed by atoms with Gasteiger partial charge in [0, 0.05) is 11.8 Å². The summed E-state index contributed by atoms with van der Waals surface area (Å²) in [4.78, 5) is 21.0. The Bertz CT molecular complexity index is 946. The highest BCUT2D eigenvalue weighted by Crippen LogP contribution is 2.30. The highest BCUT2D eigenvalue weighted by atomic mass is 35.5. The number of carbonyl (C=O) groups excluding carboxylic acids is 1. The number of aromatic nitrogens is 2. The second-order valence-electron chi connectivity index (χ2n) is 5.26. The van der Waals surface area contributed by atoms with Crippen molar-refractivity contribution in [3.63, 3.8) is 0 Å². The van der Waals surface area contributed by atoms with Gasteiger partial charge in [0.25, 0.3) is 5.91 Å². The molecule has 0 saturated heterocycles. The summed E-state index contributed by atoms with van der Waals surface area (Å²) in [6.45, 7) is 1.70. The molecule has 1 aromatic heterocycles. The third kappa shape index (κ3) is 3.78. The number of amides is 1. The minimum atomic E-state index is -0.396. The lowest BCUT2D eigenvalue weighted by atomic mass is 10.1. The van der Waals surface area contributed by atoms with E-state index in [-0.39, 0.29) is 10.8 Å². The maximum atomic E-state index is 13.0. The second-order valence-corrected chi connectivity index (χ2v) is 6.04. The van der Waals surface area contributed by atoms with Gasteiger partial charge in [-0.15, -0.1) is 0 Å². The average molecular weight is 376 g/mol. The van der Waals surface area contributed by atoms with E-state index in [9.17, 15) is 9.18 Å². The third-order valence-electron chi connectivity index (χ3n) is 3.53. The molecule has 0 spiro atoms. The van der Waals surface area contributed by atoms with Crippen LogP contribution in [0.25, 0.3) is 11.4 Å². The van der Waals surface area contributed by atoms with Crippen LogP contribution in [0.4, 0.5) is 10.1 Å². The summed E-state index contributed by atoms with van der Waals surface area (Å²) in [6, 6.07) is 10.8. The number of carbonyl (C=O) groups is 1. The van der Waals surface area contributed by atoms with Crippen molar-refractivity contribution in [2.24, 2.45) is 0 Å². The Morgan fingerprint density at radius 2 is 1.84 bits per heavy atom. The van der Waals surface area contributed by atoms with E-state index in [1.54, 1.807) is 37.3 Å². The van der Waals surface area contributed by atoms with Crippen molar-refractivity contribution < 1.29 is 9.18 Å². The van der Waals surface area contributed by atoms with Crippen molar-refractivity contribution in [3.05, 3.63) is 75.8 Å². The Morgan fingerprint density at radius 3 is 2.52 bits per heavy atom. The molecule has 1 amide bonds. The average Bonchev–Trinajstić information content (AvgIpc) is 2.59. The first kappa shape index (κ1) is 17.3. The molecule has 2 aromatic carbocycles. The van der Waals surface area contributed by atoms with Crippen molar-refractivity contribution in [2.45, 2.75) is 6.92 Å². The summed E-state index contributed by atoms with van der Waals surface area (Å²) in [6.07, 6.45) is 1.43. The highest BCUT2D eigenvalue weighted by molar-refractivity contribution is 6.44. The number of aryl methyl sites for hydroxylation is 1. The first-order valence-corrected chi connectivity index (χ1v) is 8.06. The molecule has 4 nitrogen and oxygen atoms in total. The molecular weight excluding hydrogens is 364 g/mol. The predicted molar refractivity (Wildman–Crippen MR) is 96.6 cm³/mol. The van der Waals surface area contributed by atoms with E-state index < -0.39 is 5.91 Å². The van der Waals surface area contributed by atoms with Gasteiger partial charge in [0.15, 0.2) is 5.82 Å². The number of nitrogens with one attached hydrogen (secondary N) is 1. The Morgan fingerprint density at radius 1 is 1.12 bits per heavy atom. The molecule has 0 aliphatic heterocycles. The molecule has 1 heterocycles. The van der Waals surface area contributed by atoms with Crippen LogP contribution < -0.4 is 5.32 Å². The van der Waals surface area contributed by atoms with Crippen molar-refractivity contribution in [2.75, 3.05) is 5.32 Å². The van der Waals surface area contributed by atoms with Gasteiger partial charge in [0.05, 0.1) is 27.0 Å². The van der Waals surface area contributed by atoms with Gasteiger partial charge in [-0.1, -0.05) is 29.3 Å². The molecule has 0 radical (unpaired) electrons. The minimum absolute atomic E-state index is 0.263. The van der Waals surface area contributed by atoms with Crippen LogP contribution in [0, 0.1) is 12.7 Å². The van der Waals surface area contributed by atoms with Crippen molar-refractivity contribution in [1.82, 2.24) is 9.97 Å². The number of rotatable bonds is 3. The van der Waals surface area contributed by atoms with Crippen molar-refractivity contribution in [3.8, 4) is 11.4 Å². The standard InChI is InChI=1S/C18H12Cl2FN3O/c1-10-13(18(25)24-15-4-2-3-14(19)16(15)20)9-22-17(23-10)11-5-7-12(21)8-6-11/h2-9H,1H3,(H,24,25). The molecule has 1 N–H and O–H groups in total. The van der Waals surface area contributed by atoms with E-state index in [1.165, 1.54) is 18.3 Å². The summed E-state index contributed by atoms with van der Waals surface area (Å²) >= 11 is 12.0. The fourth-order valence-electron chi connectivity index (χ4n) is 2.22. The first-order chi connectivity index (χ1) is 12.0. The third-order valence-corrected chi connectivity index (χ3v) is 4.35. The minimum Gasteiger partial charge on any atom is -0.320 e. The molecule has 0 aliphatic carbocycles. The largest absolute Gasteiger partial charge is 0.320 e. The van der Waals surface area contributed by atoms with Gasteiger partial charge in [0.1, 0.15) is 5.82 Å². The number of benzene rings is 2. The van der Waals surface area contributed by atoms with Crippen LogP contribution in [-0.4, -0.2) is 15.9 Å². The Hall–Kier alpha value is -2.50. The fraction of sp³-hybridized carbons (Fsp3) is 0.0556. The molecule has 0 atom stereocenters. The molecule has 0 fully saturated rings. The van der Waals surface area contributed by atoms with Crippen LogP contribution in [0.5, 0.6) is 0 Å². The SMILES string of the molecule is Cc1nc(-c2ccc(F)cc2)ncc1C(=O)Nc1cccc(Cl)c1Cl. The number of hydrogen-bond donors (Lipinski definition) is 1. The molecule has 0 bridgehead atoms. The van der Waals surface area contributed by atoms with Gasteiger partial charge in [-0.3, -0.25) is 4.79 Å². The summed E-state index contributed by atoms with van der Waals surface area (Å²) in [5.41, 5.74) is 1.86. The Kier molecular flexibility index (Phi) is 4.97. The van der Waals surface area contributed by atoms with Crippen LogP contribution in [0.15, 0.2) is 48.7 Å². The van der Waals surface area contributed by atoms with Gasteiger partial charge in [-0.25, -0.2) is 14.4 Å². The smallest absolute Gasteiger partial charge is 0.259 e. The summed E-state index contributed by atoms with van der Waals surface area (Å²) in [5.74, 6) is -0.322. The number of nitrogens with zero attached hydrogens (tertiary/aromatic N) is 2. The van der Waals surface area contributed by atoms with E-state index in [0.29, 0.717) is 33.4 Å². The van der Waals surface area contributed by atoms with Crippen LogP contribution in [0.1, 0.15) is 16.1 Å². The summed E-state index contributed by atoms with van der Waals surface area (Å²) < 4.78 is 13.0. The Labute approximate surface area is 153 Å². The van der Waals surface area contributed by atoms with Crippen LogP contribution in [0.2, 0.25) is 10.0 Å². The van der Waals surface area contributed by atoms with E-state index in [2.05, 4.69) is 15.3 Å². The van der Waals surface area contributed by atoms with Gasteiger partial charge < -0.3 is 5.32 Å². The van der Waals surface area contributed by atoms with Crippen LogP contribution in [-0.2, 0) is 0 Å². The molecular formula is C18H12Cl2FN3O. The lowest BCUT2D eigenvalue weighted by molar-refractivity contribution is 0.102. The van der Waals surface area contributed by atoms with E-state index >= 15 is 0 Å². The maximum absolute atomic E-state index is 13.0. The zero-order valence-corrected chi connectivity index (χ0v) is 14.6. The molecule has 3 aromatic rings. The van der Waals surface area contributed by atoms with Gasteiger partial charge in [0.2, 0.25) is 0 Å². The molecule has 0 unspecified atom stereocenters. The summed E-state index contributed by atoms with van der Waals surface area (Å²) in [7, 11) is 0. The summed E-state index contributed by atoms with van der Waals surface area (Å²) in [5, 5.41) is 3.30. The lowest BCUT2D eigenvalue weighted by Crippen LogP contribution is -2.15. The number of hydrogen-bond acceptors (Lipinski definition) is 3. The maximum Gasteiger partial charge on any atom is 0.259 e. The Balaban J connectivity index is 1.86. The molecule has 25 heavy (non-hydrogen) atoms. The number of anilines is 1. The van der Waals surface area contributed by atoms with Crippen molar-refractivity contribution >= 4 is 34.8 Å². The zero-order chi connectivity index (χ0) is 18.0. The van der Waals surface area contributed by atoms with E-state index in [4.69, 9.17) is 23.2 Å². The topological polar surface area (TPSA) is 54.9 Å². The lowest BCUT2D eigenvalue weighted by Gasteiger charge is -2.10. The highest BCUT2D eigenvalue weighted by Gasteiger charge is 2.15. The fourth-order valence-corrected chi connectivity index (χ4v) is 2.57. The van der Waals surface area contributed by atoms with Crippen LogP contribution >= 0.6 is 23.2 Å².